The van der Waals surface area contributed by atoms with E-state index in [4.69, 9.17) is 21.1 Å². The Balaban J connectivity index is 2.24. The molecule has 1 saturated heterocycles. The van der Waals surface area contributed by atoms with Crippen LogP contribution in [0, 0.1) is 0 Å². The van der Waals surface area contributed by atoms with E-state index in [1.807, 2.05) is 0 Å². The molecule has 0 aliphatic carbocycles. The predicted octanol–water partition coefficient (Wildman–Crippen LogP) is -2.88. The van der Waals surface area contributed by atoms with Crippen molar-refractivity contribution < 1.29 is 46.8 Å². The second-order valence-corrected chi connectivity index (χ2v) is 7.78. The van der Waals surface area contributed by atoms with Crippen molar-refractivity contribution in [3.8, 4) is 0 Å². The summed E-state index contributed by atoms with van der Waals surface area (Å²) in [7, 11) is -5.02. The minimum Gasteiger partial charge on any atom is -0.479 e. The minimum atomic E-state index is -5.02. The zero-order valence-electron chi connectivity index (χ0n) is 14.6. The lowest BCUT2D eigenvalue weighted by atomic mass is 9.99. The van der Waals surface area contributed by atoms with Gasteiger partial charge in [-0.2, -0.15) is 8.42 Å². The summed E-state index contributed by atoms with van der Waals surface area (Å²) in [6.07, 6.45) is -0.164. The summed E-state index contributed by atoms with van der Waals surface area (Å²) in [6, 6.07) is -3.06. The highest BCUT2D eigenvalue weighted by Gasteiger charge is 2.54. The van der Waals surface area contributed by atoms with E-state index in [0.717, 1.165) is 17.5 Å². The minimum absolute atomic E-state index is 0.0106. The van der Waals surface area contributed by atoms with Crippen molar-refractivity contribution in [3.63, 3.8) is 0 Å². The number of amides is 3. The van der Waals surface area contributed by atoms with Crippen molar-refractivity contribution in [3.05, 3.63) is 11.1 Å². The third-order valence-corrected chi connectivity index (χ3v) is 5.20. The number of carbonyl (C=O) groups excluding carboxylic acids is 3. The Bertz CT molecular complexity index is 1000. The molecule has 1 aromatic heterocycles. The summed E-state index contributed by atoms with van der Waals surface area (Å²) in [5.41, 5.74) is 9.76. The first-order chi connectivity index (χ1) is 13.9. The molecular formula is C12H14N6O10S2. The van der Waals surface area contributed by atoms with Crippen LogP contribution < -0.4 is 16.8 Å². The van der Waals surface area contributed by atoms with E-state index < -0.39 is 65.2 Å². The number of aromatic nitrogens is 1. The number of hydrogen-bond donors (Lipinski definition) is 5. The molecule has 30 heavy (non-hydrogen) atoms. The Hall–Kier alpha value is -3.51. The predicted molar refractivity (Wildman–Crippen MR) is 96.3 cm³/mol. The van der Waals surface area contributed by atoms with Crippen molar-refractivity contribution >= 4 is 56.4 Å². The maximum atomic E-state index is 12.6. The number of ether oxygens (including phenoxy) is 1. The van der Waals surface area contributed by atoms with Crippen LogP contribution in [0.2, 0.25) is 0 Å². The summed E-state index contributed by atoms with van der Waals surface area (Å²) in [5.74, 6) is -3.72. The molecular weight excluding hydrogens is 452 g/mol. The number of carbonyl (C=O) groups is 4. The zero-order valence-corrected chi connectivity index (χ0v) is 16.3. The van der Waals surface area contributed by atoms with Gasteiger partial charge in [0.15, 0.2) is 10.8 Å². The van der Waals surface area contributed by atoms with Gasteiger partial charge in [-0.1, -0.05) is 16.5 Å². The van der Waals surface area contributed by atoms with Crippen LogP contribution in [0.25, 0.3) is 0 Å². The molecule has 0 aromatic carbocycles. The van der Waals surface area contributed by atoms with Crippen molar-refractivity contribution in [1.82, 2.24) is 14.6 Å². The van der Waals surface area contributed by atoms with E-state index in [0.29, 0.717) is 0 Å². The normalized spacial score (nSPS) is 19.0. The first kappa shape index (κ1) is 22.8. The SMILES string of the molecule is NC(=O)OC[C@@H]1[C@H](NC(=O)/C(=N\OCC(=O)O)c2cnc(N)s2)C(=O)N1S(=O)(=O)O. The van der Waals surface area contributed by atoms with E-state index in [9.17, 15) is 27.6 Å². The number of anilines is 1. The van der Waals surface area contributed by atoms with Crippen LogP contribution in [-0.2, 0) is 34.3 Å². The second kappa shape index (κ2) is 8.88. The molecule has 0 saturated carbocycles. The van der Waals surface area contributed by atoms with Gasteiger partial charge in [0.05, 0.1) is 4.88 Å². The molecule has 0 spiro atoms. The molecule has 0 radical (unpaired) electrons. The number of thiazole rings is 1. The van der Waals surface area contributed by atoms with E-state index in [1.54, 1.807) is 0 Å². The fraction of sp³-hybridized carbons (Fsp3) is 0.333. The fourth-order valence-electron chi connectivity index (χ4n) is 2.25. The van der Waals surface area contributed by atoms with Gasteiger partial charge in [-0.15, -0.1) is 0 Å². The highest BCUT2D eigenvalue weighted by Crippen LogP contribution is 2.24. The van der Waals surface area contributed by atoms with E-state index in [-0.39, 0.29) is 14.3 Å². The third kappa shape index (κ3) is 5.30. The lowest BCUT2D eigenvalue weighted by Gasteiger charge is -2.43. The maximum absolute atomic E-state index is 12.6. The Kier molecular flexibility index (Phi) is 6.74. The Labute approximate surface area is 171 Å². The van der Waals surface area contributed by atoms with Crippen molar-refractivity contribution in [1.29, 1.82) is 0 Å². The number of oxime groups is 1. The van der Waals surface area contributed by atoms with Crippen LogP contribution in [0.5, 0.6) is 0 Å². The first-order valence-corrected chi connectivity index (χ1v) is 9.80. The number of carboxylic acids is 1. The Morgan fingerprint density at radius 2 is 2.07 bits per heavy atom. The molecule has 0 bridgehead atoms. The Morgan fingerprint density at radius 3 is 2.57 bits per heavy atom. The third-order valence-electron chi connectivity index (χ3n) is 3.42. The van der Waals surface area contributed by atoms with Crippen LogP contribution in [0.3, 0.4) is 0 Å². The van der Waals surface area contributed by atoms with Crippen molar-refractivity contribution in [2.75, 3.05) is 18.9 Å². The van der Waals surface area contributed by atoms with E-state index >= 15 is 0 Å². The lowest BCUT2D eigenvalue weighted by Crippen LogP contribution is -2.73. The summed E-state index contributed by atoms with van der Waals surface area (Å²) < 4.78 is 36.2. The first-order valence-electron chi connectivity index (χ1n) is 7.59. The van der Waals surface area contributed by atoms with Gasteiger partial charge < -0.3 is 31.5 Å². The average molecular weight is 466 g/mol. The van der Waals surface area contributed by atoms with E-state index in [2.05, 4.69) is 25.0 Å². The zero-order chi connectivity index (χ0) is 22.6. The van der Waals surface area contributed by atoms with Crippen molar-refractivity contribution in [2.24, 2.45) is 10.9 Å². The Morgan fingerprint density at radius 1 is 1.40 bits per heavy atom. The number of β-lactam (4-membered cyclic amide) rings is 1. The molecule has 2 heterocycles. The largest absolute Gasteiger partial charge is 0.479 e. The molecule has 0 unspecified atom stereocenters. The molecule has 18 heteroatoms. The molecule has 164 valence electrons. The molecule has 1 fully saturated rings. The number of aliphatic carboxylic acids is 1. The molecule has 1 aliphatic rings. The number of primary amides is 1. The number of hydrogen-bond acceptors (Lipinski definition) is 12. The number of nitrogens with one attached hydrogen (secondary N) is 1. The molecule has 16 nitrogen and oxygen atoms in total. The molecule has 7 N–H and O–H groups in total. The summed E-state index contributed by atoms with van der Waals surface area (Å²) in [5, 5.41) is 14.2. The fourth-order valence-corrected chi connectivity index (χ4v) is 3.78. The van der Waals surface area contributed by atoms with Gasteiger partial charge in [-0.3, -0.25) is 14.1 Å². The molecule has 2 rings (SSSR count). The van der Waals surface area contributed by atoms with Crippen LogP contribution in [0.15, 0.2) is 11.4 Å². The van der Waals surface area contributed by atoms with Gasteiger partial charge >= 0.3 is 22.4 Å². The number of nitrogen functional groups attached to an aromatic ring is 1. The average Bonchev–Trinajstić information content (AvgIpc) is 3.04. The number of carboxylic acid groups (broad SMARTS) is 1. The highest BCUT2D eigenvalue weighted by atomic mass is 32.2. The topological polar surface area (TPSA) is 254 Å². The standard InChI is InChI=1S/C12H14N6O10S2/c13-11-15-1-5(29-11)8(17-28-3-6(19)20)9(21)16-7-4(2-27-12(14)23)18(10(7)22)30(24,25)26/h1,4,7H,2-3H2,(H2,13,15)(H2,14,23)(H,16,21)(H,19,20)(H,24,25,26)/b17-8-/t4-,7+/m1/s1. The van der Waals surface area contributed by atoms with Gasteiger partial charge in [0.25, 0.3) is 11.8 Å². The molecule has 2 atom stereocenters. The monoisotopic (exact) mass is 466 g/mol. The maximum Gasteiger partial charge on any atom is 0.404 e. The quantitative estimate of drug-likeness (QED) is 0.106. The summed E-state index contributed by atoms with van der Waals surface area (Å²) in [4.78, 5) is 54.3. The van der Waals surface area contributed by atoms with Crippen molar-refractivity contribution in [2.45, 2.75) is 12.1 Å². The van der Waals surface area contributed by atoms with Crippen LogP contribution in [0.1, 0.15) is 4.88 Å². The van der Waals surface area contributed by atoms with Gasteiger partial charge in [-0.25, -0.2) is 18.9 Å². The molecule has 1 aromatic rings. The molecule has 3 amide bonds. The van der Waals surface area contributed by atoms with Crippen LogP contribution in [-0.4, -0.2) is 82.3 Å². The van der Waals surface area contributed by atoms with Gasteiger partial charge in [0.1, 0.15) is 18.7 Å². The number of nitrogens with two attached hydrogens (primary N) is 2. The van der Waals surface area contributed by atoms with Gasteiger partial charge in [-0.05, 0) is 0 Å². The second-order valence-electron chi connectivity index (χ2n) is 5.43. The van der Waals surface area contributed by atoms with Crippen LogP contribution >= 0.6 is 11.3 Å². The lowest BCUT2D eigenvalue weighted by molar-refractivity contribution is -0.146. The van der Waals surface area contributed by atoms with Gasteiger partial charge in [0.2, 0.25) is 6.61 Å². The highest BCUT2D eigenvalue weighted by molar-refractivity contribution is 7.84. The van der Waals surface area contributed by atoms with Crippen LogP contribution in [0.4, 0.5) is 9.93 Å². The molecule has 1 aliphatic heterocycles. The summed E-state index contributed by atoms with van der Waals surface area (Å²) >= 11 is 0.787. The number of rotatable bonds is 9. The summed E-state index contributed by atoms with van der Waals surface area (Å²) in [6.45, 7) is -1.65. The van der Waals surface area contributed by atoms with E-state index in [1.165, 1.54) is 0 Å². The smallest absolute Gasteiger partial charge is 0.404 e. The number of nitrogens with zero attached hydrogens (tertiary/aromatic N) is 3. The van der Waals surface area contributed by atoms with Gasteiger partial charge in [0, 0.05) is 6.20 Å².